The van der Waals surface area contributed by atoms with E-state index in [1.54, 1.807) is 0 Å². The largest absolute Gasteiger partial charge is 0.356 e. The Morgan fingerprint density at radius 3 is 1.64 bits per heavy atom. The van der Waals surface area contributed by atoms with Gasteiger partial charge >= 0.3 is 0 Å². The van der Waals surface area contributed by atoms with Crippen LogP contribution in [0.1, 0.15) is 69.4 Å². The molecule has 0 aliphatic heterocycles. The van der Waals surface area contributed by atoms with Gasteiger partial charge in [-0.25, -0.2) is 0 Å². The monoisotopic (exact) mass is 445 g/mol. The van der Waals surface area contributed by atoms with Crippen molar-refractivity contribution in [2.45, 2.75) is 71.6 Å². The molecule has 0 heterocycles. The lowest BCUT2D eigenvalue weighted by molar-refractivity contribution is -0.120. The van der Waals surface area contributed by atoms with E-state index in [1.165, 1.54) is 11.1 Å². The maximum Gasteiger partial charge on any atom is 0.220 e. The van der Waals surface area contributed by atoms with Crippen molar-refractivity contribution in [3.05, 3.63) is 108 Å². The first-order valence-corrected chi connectivity index (χ1v) is 12.4. The normalized spacial score (nSPS) is 12.5. The molecule has 0 aliphatic carbocycles. The van der Waals surface area contributed by atoms with Crippen molar-refractivity contribution < 1.29 is 4.79 Å². The molecule has 178 valence electrons. The summed E-state index contributed by atoms with van der Waals surface area (Å²) < 4.78 is 0. The van der Waals surface area contributed by atoms with Gasteiger partial charge in [-0.2, -0.15) is 0 Å². The summed E-state index contributed by atoms with van der Waals surface area (Å²) in [5, 5.41) is 3.00. The number of rotatable bonds is 17. The van der Waals surface area contributed by atoms with Gasteiger partial charge in [0.15, 0.2) is 0 Å². The van der Waals surface area contributed by atoms with Crippen molar-refractivity contribution in [1.29, 1.82) is 0 Å². The number of carbonyl (C=O) groups excluding carboxylic acids is 1. The van der Waals surface area contributed by atoms with Gasteiger partial charge in [-0.3, -0.25) is 4.79 Å². The average Bonchev–Trinajstić information content (AvgIpc) is 2.82. The zero-order valence-corrected chi connectivity index (χ0v) is 20.7. The highest BCUT2D eigenvalue weighted by Crippen LogP contribution is 2.03. The zero-order chi connectivity index (χ0) is 23.8. The SMILES string of the molecule is CC/C=C\C/C=C\C/C=C\C/C=C\C/C=C\C/C=C\CCC(=O)NCCc1ccc(C)cc1. The molecular formula is C31H43NO. The minimum absolute atomic E-state index is 0.127. The number of hydrogen-bond acceptors (Lipinski definition) is 1. The predicted octanol–water partition coefficient (Wildman–Crippen LogP) is 8.13. The second-order valence-corrected chi connectivity index (χ2v) is 8.04. The fourth-order valence-electron chi connectivity index (χ4n) is 3.04. The van der Waals surface area contributed by atoms with Crippen LogP contribution >= 0.6 is 0 Å². The van der Waals surface area contributed by atoms with Gasteiger partial charge in [0.25, 0.3) is 0 Å². The van der Waals surface area contributed by atoms with Gasteiger partial charge < -0.3 is 5.32 Å². The maximum absolute atomic E-state index is 11.9. The second-order valence-electron chi connectivity index (χ2n) is 8.04. The first-order chi connectivity index (χ1) is 16.2. The van der Waals surface area contributed by atoms with Crippen LogP contribution in [0.2, 0.25) is 0 Å². The van der Waals surface area contributed by atoms with Crippen LogP contribution in [0.15, 0.2) is 97.2 Å². The molecule has 0 fully saturated rings. The van der Waals surface area contributed by atoms with Crippen molar-refractivity contribution in [1.82, 2.24) is 5.32 Å². The Bertz CT molecular complexity index is 791. The standard InChI is InChI=1S/C31H43NO/c1-3-4-5-6-7-8-9-10-11-12-13-14-15-16-17-18-19-20-21-22-31(33)32-28-27-30-25-23-29(2)24-26-30/h4-5,7-8,10-11,13-14,16-17,19-20,23-26H,3,6,9,12,15,18,21-22,27-28H2,1-2H3,(H,32,33)/b5-4-,8-7-,11-10-,14-13-,17-16-,20-19-. The lowest BCUT2D eigenvalue weighted by Crippen LogP contribution is -2.25. The minimum atomic E-state index is 0.127. The van der Waals surface area contributed by atoms with Gasteiger partial charge in [-0.1, -0.05) is 110 Å². The van der Waals surface area contributed by atoms with Crippen LogP contribution in [0.5, 0.6) is 0 Å². The highest BCUT2D eigenvalue weighted by atomic mass is 16.1. The topological polar surface area (TPSA) is 29.1 Å². The van der Waals surface area contributed by atoms with E-state index in [0.29, 0.717) is 13.0 Å². The quantitative estimate of drug-likeness (QED) is 0.241. The predicted molar refractivity (Wildman–Crippen MR) is 145 cm³/mol. The number of aryl methyl sites for hydroxylation is 1. The van der Waals surface area contributed by atoms with E-state index in [9.17, 15) is 4.79 Å². The van der Waals surface area contributed by atoms with Crippen molar-refractivity contribution in [3.8, 4) is 0 Å². The van der Waals surface area contributed by atoms with Crippen molar-refractivity contribution in [2.75, 3.05) is 6.54 Å². The molecule has 1 aromatic rings. The van der Waals surface area contributed by atoms with Crippen LogP contribution < -0.4 is 5.32 Å². The van der Waals surface area contributed by atoms with E-state index in [-0.39, 0.29) is 5.91 Å². The molecule has 33 heavy (non-hydrogen) atoms. The Hall–Kier alpha value is -2.87. The molecule has 0 unspecified atom stereocenters. The molecule has 0 saturated heterocycles. The van der Waals surface area contributed by atoms with Crippen molar-refractivity contribution in [2.24, 2.45) is 0 Å². The van der Waals surface area contributed by atoms with Crippen molar-refractivity contribution >= 4 is 5.91 Å². The van der Waals surface area contributed by atoms with E-state index in [2.05, 4.69) is 116 Å². The number of hydrogen-bond donors (Lipinski definition) is 1. The molecule has 1 N–H and O–H groups in total. The smallest absolute Gasteiger partial charge is 0.220 e. The number of benzene rings is 1. The third-order valence-corrected chi connectivity index (χ3v) is 4.99. The van der Waals surface area contributed by atoms with Gasteiger partial charge in [0, 0.05) is 13.0 Å². The molecule has 2 heteroatoms. The van der Waals surface area contributed by atoms with E-state index in [0.717, 1.165) is 51.4 Å². The summed E-state index contributed by atoms with van der Waals surface area (Å²) in [5.74, 6) is 0.127. The number of carbonyl (C=O) groups is 1. The van der Waals surface area contributed by atoms with Crippen LogP contribution in [0.3, 0.4) is 0 Å². The Kier molecular flexibility index (Phi) is 17.9. The Morgan fingerprint density at radius 1 is 0.697 bits per heavy atom. The average molecular weight is 446 g/mol. The Labute approximate surface area is 202 Å². The molecule has 0 atom stereocenters. The summed E-state index contributed by atoms with van der Waals surface area (Å²) in [6.07, 6.45) is 34.5. The van der Waals surface area contributed by atoms with Gasteiger partial charge in [0.1, 0.15) is 0 Å². The van der Waals surface area contributed by atoms with Gasteiger partial charge in [0.05, 0.1) is 0 Å². The molecule has 0 aromatic heterocycles. The van der Waals surface area contributed by atoms with Gasteiger partial charge in [0.2, 0.25) is 5.91 Å². The fraction of sp³-hybridized carbons (Fsp3) is 0.387. The van der Waals surface area contributed by atoms with E-state index in [1.807, 2.05) is 0 Å². The van der Waals surface area contributed by atoms with Gasteiger partial charge in [-0.05, 0) is 63.9 Å². The summed E-state index contributed by atoms with van der Waals surface area (Å²) in [7, 11) is 0. The van der Waals surface area contributed by atoms with E-state index in [4.69, 9.17) is 0 Å². The van der Waals surface area contributed by atoms with Crippen LogP contribution in [0.4, 0.5) is 0 Å². The molecule has 0 saturated carbocycles. The minimum Gasteiger partial charge on any atom is -0.356 e. The third-order valence-electron chi connectivity index (χ3n) is 4.99. The van der Waals surface area contributed by atoms with Crippen LogP contribution in [0.25, 0.3) is 0 Å². The molecule has 1 rings (SSSR count). The number of amides is 1. The van der Waals surface area contributed by atoms with Gasteiger partial charge in [-0.15, -0.1) is 0 Å². The summed E-state index contributed by atoms with van der Waals surface area (Å²) in [6.45, 7) is 4.94. The summed E-state index contributed by atoms with van der Waals surface area (Å²) >= 11 is 0. The zero-order valence-electron chi connectivity index (χ0n) is 20.7. The molecule has 1 aromatic carbocycles. The number of nitrogens with one attached hydrogen (secondary N) is 1. The fourth-order valence-corrected chi connectivity index (χ4v) is 3.04. The lowest BCUT2D eigenvalue weighted by atomic mass is 10.1. The second kappa shape index (κ2) is 21.0. The molecule has 0 spiro atoms. The van der Waals surface area contributed by atoms with Crippen molar-refractivity contribution in [3.63, 3.8) is 0 Å². The molecule has 0 aliphatic rings. The Morgan fingerprint density at radius 2 is 1.15 bits per heavy atom. The summed E-state index contributed by atoms with van der Waals surface area (Å²) in [6, 6.07) is 8.47. The molecule has 1 amide bonds. The Balaban J connectivity index is 1.97. The first-order valence-electron chi connectivity index (χ1n) is 12.4. The summed E-state index contributed by atoms with van der Waals surface area (Å²) in [4.78, 5) is 11.9. The summed E-state index contributed by atoms with van der Waals surface area (Å²) in [5.41, 5.74) is 2.53. The molecular weight excluding hydrogens is 402 g/mol. The van der Waals surface area contributed by atoms with Crippen LogP contribution in [-0.4, -0.2) is 12.5 Å². The molecule has 0 bridgehead atoms. The first kappa shape index (κ1) is 28.2. The highest BCUT2D eigenvalue weighted by Gasteiger charge is 1.99. The van der Waals surface area contributed by atoms with Crippen LogP contribution in [-0.2, 0) is 11.2 Å². The number of allylic oxidation sites excluding steroid dienone is 12. The maximum atomic E-state index is 11.9. The lowest BCUT2D eigenvalue weighted by Gasteiger charge is -2.04. The highest BCUT2D eigenvalue weighted by molar-refractivity contribution is 5.75. The molecule has 0 radical (unpaired) electrons. The van der Waals surface area contributed by atoms with E-state index >= 15 is 0 Å². The molecule has 2 nitrogen and oxygen atoms in total. The van der Waals surface area contributed by atoms with E-state index < -0.39 is 0 Å². The third kappa shape index (κ3) is 18.4. The van der Waals surface area contributed by atoms with Crippen LogP contribution in [0, 0.1) is 6.92 Å².